The topological polar surface area (TPSA) is 47.0 Å². The molecule has 0 saturated carbocycles. The molecule has 9 heteroatoms. The Balaban J connectivity index is 1.79. The van der Waals surface area contributed by atoms with E-state index in [1.807, 2.05) is 0 Å². The fourth-order valence-corrected chi connectivity index (χ4v) is 6.41. The molecule has 0 atom stereocenters. The normalized spacial score (nSPS) is 11.6. The SMILES string of the molecule is CS(=O)(=O)c1ccc(-c2nc(Sc3cc(Cl)cc(Cl)c3)sc2-c2ccc(F)cc2)cc1. The summed E-state index contributed by atoms with van der Waals surface area (Å²) in [5.41, 5.74) is 2.27. The minimum atomic E-state index is -3.30. The number of hydrogen-bond donors (Lipinski definition) is 0. The van der Waals surface area contributed by atoms with Gasteiger partial charge in [-0.1, -0.05) is 59.2 Å². The minimum Gasteiger partial charge on any atom is -0.229 e. The van der Waals surface area contributed by atoms with Crippen LogP contribution in [-0.4, -0.2) is 19.7 Å². The lowest BCUT2D eigenvalue weighted by atomic mass is 10.1. The van der Waals surface area contributed by atoms with Crippen LogP contribution < -0.4 is 0 Å². The molecule has 4 aromatic rings. The van der Waals surface area contributed by atoms with E-state index in [0.717, 1.165) is 25.2 Å². The summed E-state index contributed by atoms with van der Waals surface area (Å²) in [7, 11) is -3.30. The van der Waals surface area contributed by atoms with Gasteiger partial charge in [-0.3, -0.25) is 0 Å². The molecular weight excluding hydrogens is 496 g/mol. The highest BCUT2D eigenvalue weighted by atomic mass is 35.5. The number of hydrogen-bond acceptors (Lipinski definition) is 5. The van der Waals surface area contributed by atoms with Gasteiger partial charge < -0.3 is 0 Å². The molecule has 0 bridgehead atoms. The van der Waals surface area contributed by atoms with Crippen LogP contribution in [-0.2, 0) is 9.84 Å². The smallest absolute Gasteiger partial charge is 0.175 e. The van der Waals surface area contributed by atoms with Crippen molar-refractivity contribution in [3.8, 4) is 21.7 Å². The van der Waals surface area contributed by atoms with Crippen LogP contribution in [0.1, 0.15) is 0 Å². The van der Waals surface area contributed by atoms with Gasteiger partial charge in [0.2, 0.25) is 0 Å². The van der Waals surface area contributed by atoms with Gasteiger partial charge in [-0.25, -0.2) is 17.8 Å². The summed E-state index contributed by atoms with van der Waals surface area (Å²) >= 11 is 15.1. The maximum Gasteiger partial charge on any atom is 0.175 e. The maximum atomic E-state index is 13.5. The van der Waals surface area contributed by atoms with Gasteiger partial charge in [0.1, 0.15) is 5.82 Å². The Hall–Kier alpha value is -1.90. The van der Waals surface area contributed by atoms with Gasteiger partial charge in [0, 0.05) is 26.8 Å². The Morgan fingerprint density at radius 3 is 2.06 bits per heavy atom. The van der Waals surface area contributed by atoms with Gasteiger partial charge in [0.15, 0.2) is 14.2 Å². The summed E-state index contributed by atoms with van der Waals surface area (Å²) in [5, 5.41) is 1.06. The van der Waals surface area contributed by atoms with Crippen molar-refractivity contribution in [2.45, 2.75) is 14.1 Å². The first-order valence-corrected chi connectivity index (χ1v) is 13.2. The Bertz CT molecular complexity index is 1330. The Kier molecular flexibility index (Phi) is 6.42. The van der Waals surface area contributed by atoms with Crippen molar-refractivity contribution in [3.05, 3.63) is 82.6 Å². The number of sulfone groups is 1. The molecule has 0 aliphatic heterocycles. The lowest BCUT2D eigenvalue weighted by Crippen LogP contribution is -1.96. The van der Waals surface area contributed by atoms with E-state index in [2.05, 4.69) is 0 Å². The van der Waals surface area contributed by atoms with Gasteiger partial charge in [0.05, 0.1) is 15.5 Å². The molecule has 1 aromatic heterocycles. The monoisotopic (exact) mass is 509 g/mol. The Morgan fingerprint density at radius 2 is 1.48 bits per heavy atom. The van der Waals surface area contributed by atoms with Crippen LogP contribution in [0.25, 0.3) is 21.7 Å². The molecule has 3 aromatic carbocycles. The fraction of sp³-hybridized carbons (Fsp3) is 0.0455. The summed E-state index contributed by atoms with van der Waals surface area (Å²) in [5.74, 6) is -0.324. The maximum absolute atomic E-state index is 13.5. The van der Waals surface area contributed by atoms with E-state index in [1.165, 1.54) is 41.5 Å². The van der Waals surface area contributed by atoms with Crippen LogP contribution in [0.15, 0.2) is 80.9 Å². The van der Waals surface area contributed by atoms with Crippen LogP contribution >= 0.6 is 46.3 Å². The number of rotatable bonds is 5. The molecular formula is C22H14Cl2FNO2S3. The van der Waals surface area contributed by atoms with E-state index in [9.17, 15) is 12.8 Å². The van der Waals surface area contributed by atoms with Gasteiger partial charge in [-0.2, -0.15) is 0 Å². The predicted molar refractivity (Wildman–Crippen MR) is 127 cm³/mol. The van der Waals surface area contributed by atoms with E-state index < -0.39 is 9.84 Å². The molecule has 0 amide bonds. The van der Waals surface area contributed by atoms with Crippen molar-refractivity contribution < 1.29 is 12.8 Å². The summed E-state index contributed by atoms with van der Waals surface area (Å²) in [6, 6.07) is 18.0. The molecule has 3 nitrogen and oxygen atoms in total. The van der Waals surface area contributed by atoms with Gasteiger partial charge in [-0.15, -0.1) is 11.3 Å². The third kappa shape index (κ3) is 5.30. The number of halogens is 3. The minimum absolute atomic E-state index is 0.234. The van der Waals surface area contributed by atoms with Crippen LogP contribution in [0, 0.1) is 5.82 Å². The summed E-state index contributed by atoms with van der Waals surface area (Å²) < 4.78 is 37.8. The van der Waals surface area contributed by atoms with E-state index in [4.69, 9.17) is 28.2 Å². The lowest BCUT2D eigenvalue weighted by Gasteiger charge is -2.04. The molecule has 0 N–H and O–H groups in total. The number of thiazole rings is 1. The van der Waals surface area contributed by atoms with E-state index in [0.29, 0.717) is 15.7 Å². The van der Waals surface area contributed by atoms with Crippen molar-refractivity contribution in [2.75, 3.05) is 6.26 Å². The molecule has 0 fully saturated rings. The molecule has 1 heterocycles. The highest BCUT2D eigenvalue weighted by molar-refractivity contribution is 8.01. The quantitative estimate of drug-likeness (QED) is 0.279. The van der Waals surface area contributed by atoms with E-state index in [1.54, 1.807) is 54.6 Å². The van der Waals surface area contributed by atoms with Crippen molar-refractivity contribution >= 4 is 56.1 Å². The first-order chi connectivity index (χ1) is 14.7. The number of nitrogens with zero attached hydrogens (tertiary/aromatic N) is 1. The standard InChI is InChI=1S/C22H14Cl2FNO2S3/c1-31(27,28)19-8-4-13(5-9-19)20-21(14-2-6-17(25)7-3-14)30-22(26-20)29-18-11-15(23)10-16(24)12-18/h2-12H,1H3. The zero-order chi connectivity index (χ0) is 22.2. The van der Waals surface area contributed by atoms with Gasteiger partial charge >= 0.3 is 0 Å². The van der Waals surface area contributed by atoms with Crippen molar-refractivity contribution in [2.24, 2.45) is 0 Å². The third-order valence-electron chi connectivity index (χ3n) is 4.31. The van der Waals surface area contributed by atoms with Gasteiger partial charge in [-0.05, 0) is 48.0 Å². The van der Waals surface area contributed by atoms with Crippen LogP contribution in [0.5, 0.6) is 0 Å². The lowest BCUT2D eigenvalue weighted by molar-refractivity contribution is 0.602. The molecule has 0 unspecified atom stereocenters. The Morgan fingerprint density at radius 1 is 0.903 bits per heavy atom. The van der Waals surface area contributed by atoms with Crippen molar-refractivity contribution in [1.82, 2.24) is 4.98 Å². The average molecular weight is 510 g/mol. The zero-order valence-corrected chi connectivity index (χ0v) is 19.9. The van der Waals surface area contributed by atoms with Gasteiger partial charge in [0.25, 0.3) is 0 Å². The van der Waals surface area contributed by atoms with E-state index >= 15 is 0 Å². The largest absolute Gasteiger partial charge is 0.229 e. The molecule has 31 heavy (non-hydrogen) atoms. The first kappa shape index (κ1) is 22.3. The zero-order valence-electron chi connectivity index (χ0n) is 16.0. The summed E-state index contributed by atoms with van der Waals surface area (Å²) in [4.78, 5) is 6.71. The third-order valence-corrected chi connectivity index (χ3v) is 8.01. The Labute approximate surface area is 197 Å². The van der Waals surface area contributed by atoms with E-state index in [-0.39, 0.29) is 10.7 Å². The molecule has 0 spiro atoms. The second kappa shape index (κ2) is 8.92. The molecule has 0 radical (unpaired) electrons. The predicted octanol–water partition coefficient (Wildman–Crippen LogP) is 7.48. The molecule has 158 valence electrons. The van der Waals surface area contributed by atoms with Crippen LogP contribution in [0.4, 0.5) is 4.39 Å². The van der Waals surface area contributed by atoms with Crippen LogP contribution in [0.3, 0.4) is 0 Å². The average Bonchev–Trinajstić information content (AvgIpc) is 3.11. The molecule has 0 aliphatic rings. The summed E-state index contributed by atoms with van der Waals surface area (Å²) in [6.07, 6.45) is 1.17. The number of aromatic nitrogens is 1. The second-order valence-corrected chi connectivity index (χ2v) is 11.9. The number of benzene rings is 3. The van der Waals surface area contributed by atoms with Crippen molar-refractivity contribution in [3.63, 3.8) is 0 Å². The molecule has 0 saturated heterocycles. The van der Waals surface area contributed by atoms with Crippen LogP contribution in [0.2, 0.25) is 10.0 Å². The van der Waals surface area contributed by atoms with Crippen molar-refractivity contribution in [1.29, 1.82) is 0 Å². The second-order valence-electron chi connectivity index (χ2n) is 6.67. The first-order valence-electron chi connectivity index (χ1n) is 8.90. The highest BCUT2D eigenvalue weighted by Crippen LogP contribution is 2.43. The molecule has 4 rings (SSSR count). The molecule has 0 aliphatic carbocycles. The summed E-state index contributed by atoms with van der Waals surface area (Å²) in [6.45, 7) is 0. The fourth-order valence-electron chi connectivity index (χ4n) is 2.89. The highest BCUT2D eigenvalue weighted by Gasteiger charge is 2.17.